The maximum atomic E-state index is 11.8. The molecule has 1 N–H and O–H groups in total. The average Bonchev–Trinajstić information content (AvgIpc) is 2.84. The van der Waals surface area contributed by atoms with E-state index in [1.54, 1.807) is 6.07 Å². The Morgan fingerprint density at radius 3 is 3.00 bits per heavy atom. The number of ether oxygens (including phenoxy) is 1. The van der Waals surface area contributed by atoms with Crippen molar-refractivity contribution in [2.24, 2.45) is 0 Å². The maximum Gasteiger partial charge on any atom is 0.254 e. The lowest BCUT2D eigenvalue weighted by Gasteiger charge is -2.04. The van der Waals surface area contributed by atoms with Crippen LogP contribution >= 0.6 is 15.9 Å². The van der Waals surface area contributed by atoms with Gasteiger partial charge in [-0.05, 0) is 23.4 Å². The number of hydrogen-bond donors (Lipinski definition) is 1. The Labute approximate surface area is 119 Å². The number of methoxy groups -OCH3 is 1. The fourth-order valence-corrected chi connectivity index (χ4v) is 1.93. The number of carbonyl (C=O) groups excluding carboxylic acids is 1. The highest BCUT2D eigenvalue weighted by atomic mass is 79.9. The molecule has 6 heteroatoms. The number of nitrogens with zero attached hydrogens (tertiary/aromatic N) is 1. The zero-order valence-electron chi connectivity index (χ0n) is 10.4. The second-order valence-electron chi connectivity index (χ2n) is 3.89. The van der Waals surface area contributed by atoms with Crippen molar-refractivity contribution in [3.05, 3.63) is 40.6 Å². The van der Waals surface area contributed by atoms with Crippen LogP contribution in [0.15, 0.2) is 39.3 Å². The predicted octanol–water partition coefficient (Wildman–Crippen LogP) is 3.02. The van der Waals surface area contributed by atoms with Crippen LogP contribution in [0.25, 0.3) is 0 Å². The monoisotopic (exact) mass is 324 g/mol. The highest BCUT2D eigenvalue weighted by Crippen LogP contribution is 2.16. The van der Waals surface area contributed by atoms with E-state index < -0.39 is 0 Å². The van der Waals surface area contributed by atoms with Crippen LogP contribution < -0.4 is 10.1 Å². The lowest BCUT2D eigenvalue weighted by atomic mass is 10.2. The van der Waals surface area contributed by atoms with E-state index in [1.165, 1.54) is 7.11 Å². The Morgan fingerprint density at radius 1 is 1.47 bits per heavy atom. The first-order valence-electron chi connectivity index (χ1n) is 5.72. The van der Waals surface area contributed by atoms with Gasteiger partial charge in [-0.3, -0.25) is 4.79 Å². The summed E-state index contributed by atoms with van der Waals surface area (Å²) in [4.78, 5) is 11.8. The van der Waals surface area contributed by atoms with E-state index in [9.17, 15) is 4.79 Å². The van der Waals surface area contributed by atoms with Gasteiger partial charge in [0.15, 0.2) is 0 Å². The molecule has 100 valence electrons. The Kier molecular flexibility index (Phi) is 4.57. The molecular formula is C13H13BrN2O3. The summed E-state index contributed by atoms with van der Waals surface area (Å²) in [6, 6.07) is 9.11. The number of carbonyl (C=O) groups is 1. The van der Waals surface area contributed by atoms with Crippen LogP contribution in [0.4, 0.5) is 5.69 Å². The van der Waals surface area contributed by atoms with Gasteiger partial charge in [0.25, 0.3) is 5.88 Å². The number of nitrogens with one attached hydrogen (secondary N) is 1. The van der Waals surface area contributed by atoms with Crippen LogP contribution in [0, 0.1) is 0 Å². The number of halogens is 1. The van der Waals surface area contributed by atoms with Gasteiger partial charge in [0.05, 0.1) is 7.11 Å². The molecule has 0 spiro atoms. The van der Waals surface area contributed by atoms with E-state index in [0.717, 1.165) is 10.2 Å². The summed E-state index contributed by atoms with van der Waals surface area (Å²) < 4.78 is 10.8. The molecule has 2 aromatic rings. The molecule has 0 aliphatic rings. The standard InChI is InChI=1S/C13H13BrN2O3/c1-18-13-8-11(19-16-13)5-6-12(17)15-10-4-2-3-9(14)7-10/h2-4,7-8H,5-6H2,1H3,(H,15,17). The van der Waals surface area contributed by atoms with Crippen LogP contribution in [-0.4, -0.2) is 18.2 Å². The minimum absolute atomic E-state index is 0.0755. The molecule has 0 saturated carbocycles. The lowest BCUT2D eigenvalue weighted by molar-refractivity contribution is -0.116. The van der Waals surface area contributed by atoms with Crippen molar-refractivity contribution < 1.29 is 14.1 Å². The molecule has 1 amide bonds. The molecule has 5 nitrogen and oxygen atoms in total. The van der Waals surface area contributed by atoms with Crippen molar-refractivity contribution in [2.75, 3.05) is 12.4 Å². The number of benzene rings is 1. The summed E-state index contributed by atoms with van der Waals surface area (Å²) in [6.45, 7) is 0. The summed E-state index contributed by atoms with van der Waals surface area (Å²) in [5.74, 6) is 0.970. The number of amides is 1. The molecule has 0 unspecified atom stereocenters. The fourth-order valence-electron chi connectivity index (χ4n) is 1.53. The fraction of sp³-hybridized carbons (Fsp3) is 0.231. The molecule has 0 atom stereocenters. The van der Waals surface area contributed by atoms with E-state index >= 15 is 0 Å². The van der Waals surface area contributed by atoms with Crippen LogP contribution in [0.1, 0.15) is 12.2 Å². The van der Waals surface area contributed by atoms with Crippen molar-refractivity contribution in [3.8, 4) is 5.88 Å². The van der Waals surface area contributed by atoms with E-state index in [0.29, 0.717) is 24.5 Å². The predicted molar refractivity (Wildman–Crippen MR) is 74.1 cm³/mol. The Bertz CT molecular complexity index is 569. The van der Waals surface area contributed by atoms with Gasteiger partial charge >= 0.3 is 0 Å². The highest BCUT2D eigenvalue weighted by molar-refractivity contribution is 9.10. The Hall–Kier alpha value is -1.82. The van der Waals surface area contributed by atoms with Gasteiger partial charge < -0.3 is 14.6 Å². The third kappa shape index (κ3) is 4.10. The first-order valence-corrected chi connectivity index (χ1v) is 6.51. The molecule has 1 aromatic heterocycles. The average molecular weight is 325 g/mol. The van der Waals surface area contributed by atoms with Crippen LogP contribution in [0.2, 0.25) is 0 Å². The van der Waals surface area contributed by atoms with Crippen molar-refractivity contribution in [2.45, 2.75) is 12.8 Å². The molecule has 2 rings (SSSR count). The molecule has 0 aliphatic heterocycles. The Morgan fingerprint density at radius 2 is 2.32 bits per heavy atom. The molecule has 1 aromatic carbocycles. The molecule has 0 aliphatic carbocycles. The summed E-state index contributed by atoms with van der Waals surface area (Å²) >= 11 is 3.35. The van der Waals surface area contributed by atoms with Gasteiger partial charge in [-0.25, -0.2) is 0 Å². The number of aryl methyl sites for hydroxylation is 1. The quantitative estimate of drug-likeness (QED) is 0.918. The third-order valence-electron chi connectivity index (χ3n) is 2.45. The van der Waals surface area contributed by atoms with Crippen molar-refractivity contribution in [1.29, 1.82) is 0 Å². The second-order valence-corrected chi connectivity index (χ2v) is 4.81. The van der Waals surface area contributed by atoms with Crippen LogP contribution in [0.5, 0.6) is 5.88 Å². The Balaban J connectivity index is 1.84. The van der Waals surface area contributed by atoms with Gasteiger partial charge in [-0.2, -0.15) is 0 Å². The van der Waals surface area contributed by atoms with Crippen molar-refractivity contribution in [3.63, 3.8) is 0 Å². The molecule has 19 heavy (non-hydrogen) atoms. The minimum atomic E-state index is -0.0755. The zero-order chi connectivity index (χ0) is 13.7. The second kappa shape index (κ2) is 6.38. The van der Waals surface area contributed by atoms with E-state index in [1.807, 2.05) is 24.3 Å². The molecule has 1 heterocycles. The highest BCUT2D eigenvalue weighted by Gasteiger charge is 2.08. The molecule has 0 saturated heterocycles. The zero-order valence-corrected chi connectivity index (χ0v) is 11.9. The van der Waals surface area contributed by atoms with Gasteiger partial charge in [-0.1, -0.05) is 22.0 Å². The number of rotatable bonds is 5. The first kappa shape index (κ1) is 13.6. The van der Waals surface area contributed by atoms with Gasteiger partial charge in [0.2, 0.25) is 5.91 Å². The first-order chi connectivity index (χ1) is 9.17. The topological polar surface area (TPSA) is 64.4 Å². The molecule has 0 fully saturated rings. The van der Waals surface area contributed by atoms with E-state index in [2.05, 4.69) is 26.4 Å². The lowest BCUT2D eigenvalue weighted by Crippen LogP contribution is -2.12. The SMILES string of the molecule is COc1cc(CCC(=O)Nc2cccc(Br)c2)on1. The molecule has 0 radical (unpaired) electrons. The third-order valence-corrected chi connectivity index (χ3v) is 2.95. The number of hydrogen-bond acceptors (Lipinski definition) is 4. The molecular weight excluding hydrogens is 312 g/mol. The van der Waals surface area contributed by atoms with Gasteiger partial charge in [0.1, 0.15) is 5.76 Å². The van der Waals surface area contributed by atoms with Crippen molar-refractivity contribution >= 4 is 27.5 Å². The number of aromatic nitrogens is 1. The van der Waals surface area contributed by atoms with Gasteiger partial charge in [-0.15, -0.1) is 0 Å². The normalized spacial score (nSPS) is 10.2. The summed E-state index contributed by atoms with van der Waals surface area (Å²) in [6.07, 6.45) is 0.807. The van der Waals surface area contributed by atoms with E-state index in [-0.39, 0.29) is 5.91 Å². The van der Waals surface area contributed by atoms with Crippen LogP contribution in [-0.2, 0) is 11.2 Å². The van der Waals surface area contributed by atoms with Gasteiger partial charge in [0, 0.05) is 29.1 Å². The van der Waals surface area contributed by atoms with Crippen LogP contribution in [0.3, 0.4) is 0 Å². The minimum Gasteiger partial charge on any atom is -0.479 e. The van der Waals surface area contributed by atoms with Crippen molar-refractivity contribution in [1.82, 2.24) is 5.16 Å². The molecule has 0 bridgehead atoms. The summed E-state index contributed by atoms with van der Waals surface area (Å²) in [5.41, 5.74) is 0.759. The largest absolute Gasteiger partial charge is 0.479 e. The smallest absolute Gasteiger partial charge is 0.254 e. The summed E-state index contributed by atoms with van der Waals surface area (Å²) in [5, 5.41) is 6.48. The maximum absolute atomic E-state index is 11.8. The van der Waals surface area contributed by atoms with E-state index in [4.69, 9.17) is 9.26 Å². The number of anilines is 1. The summed E-state index contributed by atoms with van der Waals surface area (Å²) in [7, 11) is 1.52.